The first kappa shape index (κ1) is 42.6. The van der Waals surface area contributed by atoms with Crippen molar-refractivity contribution < 1.29 is 69.6 Å². The van der Waals surface area contributed by atoms with Gasteiger partial charge in [-0.1, -0.05) is 34.6 Å². The monoisotopic (exact) mass is 786 g/mol. The minimum atomic E-state index is -1.64. The van der Waals surface area contributed by atoms with Crippen molar-refractivity contribution in [3.05, 3.63) is 0 Å². The van der Waals surface area contributed by atoms with Crippen molar-refractivity contribution >= 4 is 0 Å². The van der Waals surface area contributed by atoms with Gasteiger partial charge < -0.3 is 69.6 Å². The maximum absolute atomic E-state index is 12.3. The fourth-order valence-electron chi connectivity index (χ4n) is 14.0. The second-order valence-electron chi connectivity index (χ2n) is 20.8. The van der Waals surface area contributed by atoms with Crippen LogP contribution in [0, 0.1) is 45.3 Å². The summed E-state index contributed by atoms with van der Waals surface area (Å²) in [5.74, 6) is 0.420. The summed E-state index contributed by atoms with van der Waals surface area (Å²) >= 11 is 0. The molecular weight excluding hydrogens is 716 g/mol. The topological polar surface area (TPSA) is 228 Å². The highest BCUT2D eigenvalue weighted by Crippen LogP contribution is 2.76. The molecule has 7 aliphatic rings. The highest BCUT2D eigenvalue weighted by molar-refractivity contribution is 5.21. The largest absolute Gasteiger partial charge is 0.394 e. The molecule has 0 radical (unpaired) electrons. The Morgan fingerprint density at radius 3 is 2.02 bits per heavy atom. The highest BCUT2D eigenvalue weighted by Gasteiger charge is 2.72. The zero-order chi connectivity index (χ0) is 40.4. The van der Waals surface area contributed by atoms with Crippen LogP contribution in [0.5, 0.6) is 0 Å². The van der Waals surface area contributed by atoms with Crippen LogP contribution in [0.2, 0.25) is 0 Å². The molecule has 0 aromatic rings. The Bertz CT molecular complexity index is 1390. The molecule has 3 saturated heterocycles. The highest BCUT2D eigenvalue weighted by atomic mass is 16.8. The lowest BCUT2D eigenvalue weighted by Crippen LogP contribution is -2.67. The molecule has 14 heteroatoms. The first-order chi connectivity index (χ1) is 25.4. The van der Waals surface area contributed by atoms with Crippen LogP contribution < -0.4 is 0 Å². The molecular formula is C41H70O14. The molecule has 0 aromatic carbocycles. The van der Waals surface area contributed by atoms with Gasteiger partial charge >= 0.3 is 0 Å². The van der Waals surface area contributed by atoms with Gasteiger partial charge in [-0.05, 0) is 111 Å². The van der Waals surface area contributed by atoms with Gasteiger partial charge in [-0.3, -0.25) is 0 Å². The van der Waals surface area contributed by atoms with E-state index >= 15 is 0 Å². The standard InChI is InChI=1S/C41H70O14/c1-36(2)24-10-14-39(6)25(15-20(43)27-19(9-13-40(27,39)7)41(8)16-21(44)33(55-41)37(3,4)50)38(24,5)12-11-26(36)53-35-32(30(48)29(47)23(17-42)52-35)54-34-31(49)28(46)22(45)18-51-34/h19-35,42-50H,9-18H2,1-8H3/t19?,20-,21+,22-,23-,24?,25-,26+,27?,28+,29-,30+,31-,32-,33+,34+,35+,38+,39-,40-,41+/m1/s1. The summed E-state index contributed by atoms with van der Waals surface area (Å²) in [5, 5.41) is 97.0. The van der Waals surface area contributed by atoms with Crippen LogP contribution in [0.3, 0.4) is 0 Å². The molecule has 3 heterocycles. The van der Waals surface area contributed by atoms with Gasteiger partial charge in [-0.25, -0.2) is 0 Å². The van der Waals surface area contributed by atoms with E-state index in [9.17, 15) is 46.0 Å². The lowest BCUT2D eigenvalue weighted by Gasteiger charge is -2.70. The van der Waals surface area contributed by atoms with Crippen molar-refractivity contribution in [1.29, 1.82) is 0 Å². The Morgan fingerprint density at radius 2 is 1.38 bits per heavy atom. The summed E-state index contributed by atoms with van der Waals surface area (Å²) < 4.78 is 30.8. The Labute approximate surface area is 325 Å². The summed E-state index contributed by atoms with van der Waals surface area (Å²) in [4.78, 5) is 0. The van der Waals surface area contributed by atoms with Gasteiger partial charge in [-0.15, -0.1) is 0 Å². The number of aliphatic hydroxyl groups excluding tert-OH is 8. The van der Waals surface area contributed by atoms with E-state index in [2.05, 4.69) is 41.5 Å². The molecule has 9 N–H and O–H groups in total. The molecule has 55 heavy (non-hydrogen) atoms. The van der Waals surface area contributed by atoms with Crippen molar-refractivity contribution in [2.45, 2.75) is 198 Å². The number of fused-ring (bicyclic) bond motifs is 5. The summed E-state index contributed by atoms with van der Waals surface area (Å²) in [7, 11) is 0. The van der Waals surface area contributed by atoms with Crippen LogP contribution in [-0.4, -0.2) is 150 Å². The second-order valence-corrected chi connectivity index (χ2v) is 20.8. The van der Waals surface area contributed by atoms with Crippen LogP contribution in [0.25, 0.3) is 0 Å². The van der Waals surface area contributed by atoms with Gasteiger partial charge in [0.05, 0.1) is 42.7 Å². The average molecular weight is 787 g/mol. The Hall–Kier alpha value is -0.560. The number of hydrogen-bond acceptors (Lipinski definition) is 14. The van der Waals surface area contributed by atoms with Crippen LogP contribution >= 0.6 is 0 Å². The molecule has 7 rings (SSSR count). The molecule has 0 spiro atoms. The van der Waals surface area contributed by atoms with E-state index in [4.69, 9.17) is 23.7 Å². The number of hydrogen-bond donors (Lipinski definition) is 9. The smallest absolute Gasteiger partial charge is 0.187 e. The van der Waals surface area contributed by atoms with Crippen molar-refractivity contribution in [3.8, 4) is 0 Å². The number of rotatable bonds is 7. The minimum absolute atomic E-state index is 0.0167. The molecule has 4 saturated carbocycles. The first-order valence-electron chi connectivity index (χ1n) is 20.8. The van der Waals surface area contributed by atoms with E-state index in [1.54, 1.807) is 13.8 Å². The van der Waals surface area contributed by atoms with Gasteiger partial charge in [0.1, 0.15) is 48.8 Å². The van der Waals surface area contributed by atoms with Crippen LogP contribution in [0.1, 0.15) is 107 Å². The van der Waals surface area contributed by atoms with E-state index in [0.717, 1.165) is 32.1 Å². The Balaban J connectivity index is 1.11. The number of ether oxygens (including phenoxy) is 5. The number of aliphatic hydroxyl groups is 9. The third-order valence-corrected chi connectivity index (χ3v) is 17.0. The molecule has 0 amide bonds. The first-order valence-corrected chi connectivity index (χ1v) is 20.8. The Morgan fingerprint density at radius 1 is 0.709 bits per heavy atom. The van der Waals surface area contributed by atoms with Gasteiger partial charge in [0.25, 0.3) is 0 Å². The van der Waals surface area contributed by atoms with E-state index in [1.165, 1.54) is 0 Å². The normalized spacial score (nSPS) is 56.8. The Kier molecular flexibility index (Phi) is 11.1. The molecule has 14 nitrogen and oxygen atoms in total. The van der Waals surface area contributed by atoms with E-state index < -0.39 is 96.8 Å². The van der Waals surface area contributed by atoms with Gasteiger partial charge in [0.15, 0.2) is 12.6 Å². The lowest BCUT2D eigenvalue weighted by molar-refractivity contribution is -0.370. The van der Waals surface area contributed by atoms with E-state index in [-0.39, 0.29) is 52.6 Å². The quantitative estimate of drug-likeness (QED) is 0.164. The zero-order valence-electron chi connectivity index (χ0n) is 34.0. The lowest BCUT2D eigenvalue weighted by atomic mass is 9.35. The summed E-state index contributed by atoms with van der Waals surface area (Å²) in [6, 6.07) is 0. The summed E-state index contributed by atoms with van der Waals surface area (Å²) in [5.41, 5.74) is -2.69. The fraction of sp³-hybridized carbons (Fsp3) is 1.00. The van der Waals surface area contributed by atoms with Crippen LogP contribution in [0.4, 0.5) is 0 Å². The van der Waals surface area contributed by atoms with Crippen molar-refractivity contribution in [1.82, 2.24) is 0 Å². The third-order valence-electron chi connectivity index (χ3n) is 17.0. The summed E-state index contributed by atoms with van der Waals surface area (Å²) in [6.45, 7) is 16.1. The third kappa shape index (κ3) is 6.50. The zero-order valence-corrected chi connectivity index (χ0v) is 34.0. The molecule has 3 aliphatic heterocycles. The SMILES string of the molecule is CC(C)(O)[C@H]1O[C@](C)(C2CC[C@]3(C)C2[C@H](O)C[C@@H]2[C@@]4(C)CC[C@H](O[C@@H]5O[C@H](CO)[C@@H](O)[C@H](O)[C@H]5O[C@@H]5OC[C@@H](O)[C@H](O)[C@H]5O)C(C)(C)C4CC[C@]23C)C[C@@H]1O. The molecule has 21 atom stereocenters. The molecule has 0 bridgehead atoms. The molecule has 4 aliphatic carbocycles. The minimum Gasteiger partial charge on any atom is -0.394 e. The van der Waals surface area contributed by atoms with Crippen LogP contribution in [0.15, 0.2) is 0 Å². The molecule has 0 aromatic heterocycles. The molecule has 7 fully saturated rings. The molecule has 3 unspecified atom stereocenters. The van der Waals surface area contributed by atoms with Gasteiger partial charge in [0, 0.05) is 6.42 Å². The average Bonchev–Trinajstić information content (AvgIpc) is 3.65. The van der Waals surface area contributed by atoms with E-state index in [0.29, 0.717) is 19.3 Å². The predicted molar refractivity (Wildman–Crippen MR) is 196 cm³/mol. The van der Waals surface area contributed by atoms with Crippen molar-refractivity contribution in [3.63, 3.8) is 0 Å². The van der Waals surface area contributed by atoms with Crippen molar-refractivity contribution in [2.24, 2.45) is 45.3 Å². The molecule has 318 valence electrons. The maximum atomic E-state index is 12.3. The summed E-state index contributed by atoms with van der Waals surface area (Å²) in [6.07, 6.45) is -9.05. The van der Waals surface area contributed by atoms with Gasteiger partial charge in [-0.2, -0.15) is 0 Å². The fourth-order valence-corrected chi connectivity index (χ4v) is 14.0. The predicted octanol–water partition coefficient (Wildman–Crippen LogP) is 0.970. The van der Waals surface area contributed by atoms with Crippen LogP contribution in [-0.2, 0) is 23.7 Å². The maximum Gasteiger partial charge on any atom is 0.187 e. The van der Waals surface area contributed by atoms with E-state index in [1.807, 2.05) is 0 Å². The second kappa shape index (κ2) is 14.3. The van der Waals surface area contributed by atoms with Gasteiger partial charge in [0.2, 0.25) is 0 Å². The van der Waals surface area contributed by atoms with Crippen molar-refractivity contribution in [2.75, 3.05) is 13.2 Å².